The van der Waals surface area contributed by atoms with Crippen molar-refractivity contribution in [2.24, 2.45) is 0 Å². The number of H-pyrrole nitrogens is 1. The highest BCUT2D eigenvalue weighted by atomic mass is 16.5. The van der Waals surface area contributed by atoms with E-state index in [0.29, 0.717) is 35.3 Å². The zero-order chi connectivity index (χ0) is 23.4. The standard InChI is InChI=1S/C23H23N5O5/c1-28(13-14-7-5-8-15(11-14)33-23-24-9-6-10-25-23)22-26-16-12-17(30-2)19(31-3)20(32-4)18(16)21(29)27-22/h5-12H,13H2,1-4H3,(H,26,27,29). The molecule has 10 nitrogen and oxygen atoms in total. The first kappa shape index (κ1) is 21.9. The van der Waals surface area contributed by atoms with Crippen LogP contribution in [0.3, 0.4) is 0 Å². The number of rotatable bonds is 8. The van der Waals surface area contributed by atoms with Gasteiger partial charge in [-0.1, -0.05) is 12.1 Å². The average molecular weight is 449 g/mol. The summed E-state index contributed by atoms with van der Waals surface area (Å²) in [6.07, 6.45) is 3.22. The largest absolute Gasteiger partial charge is 0.493 e. The minimum atomic E-state index is -0.349. The molecule has 0 spiro atoms. The number of aromatic amines is 1. The predicted octanol–water partition coefficient (Wildman–Crippen LogP) is 3.17. The van der Waals surface area contributed by atoms with E-state index in [1.165, 1.54) is 21.3 Å². The molecule has 0 atom stereocenters. The molecule has 0 bridgehead atoms. The number of nitrogens with one attached hydrogen (secondary N) is 1. The van der Waals surface area contributed by atoms with E-state index in [4.69, 9.17) is 18.9 Å². The summed E-state index contributed by atoms with van der Waals surface area (Å²) in [7, 11) is 6.29. The number of anilines is 1. The topological polar surface area (TPSA) is 112 Å². The molecule has 4 rings (SSSR count). The van der Waals surface area contributed by atoms with Crippen LogP contribution in [0.1, 0.15) is 5.56 Å². The first-order chi connectivity index (χ1) is 16.0. The van der Waals surface area contributed by atoms with Crippen LogP contribution in [0.15, 0.2) is 53.6 Å². The molecule has 0 saturated carbocycles. The van der Waals surface area contributed by atoms with Crippen LogP contribution in [-0.2, 0) is 6.54 Å². The number of hydrogen-bond acceptors (Lipinski definition) is 9. The van der Waals surface area contributed by atoms with Crippen molar-refractivity contribution >= 4 is 16.9 Å². The second-order valence-electron chi connectivity index (χ2n) is 7.07. The van der Waals surface area contributed by atoms with Gasteiger partial charge >= 0.3 is 6.01 Å². The SMILES string of the molecule is COc1cc2nc(N(C)Cc3cccc(Oc4ncccn4)c3)[nH]c(=O)c2c(OC)c1OC. The molecule has 1 N–H and O–H groups in total. The number of fused-ring (bicyclic) bond motifs is 1. The molecule has 33 heavy (non-hydrogen) atoms. The summed E-state index contributed by atoms with van der Waals surface area (Å²) in [6, 6.07) is 11.2. The van der Waals surface area contributed by atoms with E-state index in [9.17, 15) is 4.79 Å². The van der Waals surface area contributed by atoms with Crippen LogP contribution in [0.5, 0.6) is 29.0 Å². The third-order valence-electron chi connectivity index (χ3n) is 4.92. The Morgan fingerprint density at radius 2 is 1.73 bits per heavy atom. The molecule has 2 aromatic heterocycles. The maximum absolute atomic E-state index is 12.9. The molecule has 4 aromatic rings. The molecule has 0 amide bonds. The monoisotopic (exact) mass is 449 g/mol. The van der Waals surface area contributed by atoms with E-state index >= 15 is 0 Å². The number of benzene rings is 2. The quantitative estimate of drug-likeness (QED) is 0.433. The summed E-state index contributed by atoms with van der Waals surface area (Å²) in [5.74, 6) is 2.01. The molecule has 2 aromatic carbocycles. The Morgan fingerprint density at radius 1 is 0.970 bits per heavy atom. The third-order valence-corrected chi connectivity index (χ3v) is 4.92. The Labute approximate surface area is 189 Å². The molecule has 0 aliphatic heterocycles. The van der Waals surface area contributed by atoms with Gasteiger partial charge in [0.05, 0.1) is 26.8 Å². The van der Waals surface area contributed by atoms with Gasteiger partial charge in [0.2, 0.25) is 11.7 Å². The van der Waals surface area contributed by atoms with Crippen LogP contribution in [0.4, 0.5) is 5.95 Å². The number of nitrogens with zero attached hydrogens (tertiary/aromatic N) is 4. The maximum atomic E-state index is 12.9. The zero-order valence-corrected chi connectivity index (χ0v) is 18.7. The van der Waals surface area contributed by atoms with E-state index in [1.807, 2.05) is 36.2 Å². The molecular weight excluding hydrogens is 426 g/mol. The predicted molar refractivity (Wildman–Crippen MR) is 123 cm³/mol. The molecule has 170 valence electrons. The van der Waals surface area contributed by atoms with E-state index in [2.05, 4.69) is 19.9 Å². The summed E-state index contributed by atoms with van der Waals surface area (Å²) in [5.41, 5.74) is 1.02. The van der Waals surface area contributed by atoms with E-state index < -0.39 is 0 Å². The Balaban J connectivity index is 1.64. The lowest BCUT2D eigenvalue weighted by molar-refractivity contribution is 0.327. The van der Waals surface area contributed by atoms with Crippen LogP contribution in [0.2, 0.25) is 0 Å². The summed E-state index contributed by atoms with van der Waals surface area (Å²) in [5, 5.41) is 0.283. The first-order valence-corrected chi connectivity index (χ1v) is 10.0. The van der Waals surface area contributed by atoms with Gasteiger partial charge < -0.3 is 23.8 Å². The molecule has 0 aliphatic carbocycles. The van der Waals surface area contributed by atoms with Crippen LogP contribution in [0.25, 0.3) is 10.9 Å². The lowest BCUT2D eigenvalue weighted by Gasteiger charge is -2.19. The van der Waals surface area contributed by atoms with Crippen LogP contribution in [-0.4, -0.2) is 48.3 Å². The van der Waals surface area contributed by atoms with Gasteiger partial charge in [0.1, 0.15) is 11.1 Å². The fourth-order valence-electron chi connectivity index (χ4n) is 3.44. The number of hydrogen-bond donors (Lipinski definition) is 1. The van der Waals surface area contributed by atoms with Gasteiger partial charge in [0.15, 0.2) is 11.5 Å². The van der Waals surface area contributed by atoms with Crippen LogP contribution < -0.4 is 29.4 Å². The summed E-state index contributed by atoms with van der Waals surface area (Å²) >= 11 is 0. The lowest BCUT2D eigenvalue weighted by Crippen LogP contribution is -2.23. The van der Waals surface area contributed by atoms with Gasteiger partial charge in [0, 0.05) is 32.1 Å². The number of aromatic nitrogens is 4. The first-order valence-electron chi connectivity index (χ1n) is 10.0. The van der Waals surface area contributed by atoms with Gasteiger partial charge in [-0.25, -0.2) is 15.0 Å². The summed E-state index contributed by atoms with van der Waals surface area (Å²) in [6.45, 7) is 0.464. The van der Waals surface area contributed by atoms with Crippen molar-refractivity contribution in [3.63, 3.8) is 0 Å². The molecule has 10 heteroatoms. The Kier molecular flexibility index (Phi) is 6.25. The molecule has 0 aliphatic rings. The Morgan fingerprint density at radius 3 is 2.42 bits per heavy atom. The van der Waals surface area contributed by atoms with Crippen molar-refractivity contribution in [2.45, 2.75) is 6.54 Å². The van der Waals surface area contributed by atoms with E-state index in [0.717, 1.165) is 5.56 Å². The second-order valence-corrected chi connectivity index (χ2v) is 7.07. The fraction of sp³-hybridized carbons (Fsp3) is 0.217. The molecule has 0 radical (unpaired) electrons. The minimum absolute atomic E-state index is 0.266. The zero-order valence-electron chi connectivity index (χ0n) is 18.7. The minimum Gasteiger partial charge on any atom is -0.493 e. The van der Waals surface area contributed by atoms with Crippen molar-refractivity contribution < 1.29 is 18.9 Å². The van der Waals surface area contributed by atoms with Crippen molar-refractivity contribution in [3.8, 4) is 29.0 Å². The molecule has 2 heterocycles. The normalized spacial score (nSPS) is 10.7. The van der Waals surface area contributed by atoms with Crippen molar-refractivity contribution in [1.82, 2.24) is 19.9 Å². The molecule has 0 fully saturated rings. The highest BCUT2D eigenvalue weighted by Gasteiger charge is 2.20. The smallest absolute Gasteiger partial charge is 0.321 e. The van der Waals surface area contributed by atoms with E-state index in [-0.39, 0.29) is 22.7 Å². The van der Waals surface area contributed by atoms with E-state index in [1.54, 1.807) is 24.5 Å². The van der Waals surface area contributed by atoms with Gasteiger partial charge in [-0.3, -0.25) is 9.78 Å². The Hall–Kier alpha value is -4.34. The number of methoxy groups -OCH3 is 3. The number of ether oxygens (including phenoxy) is 4. The molecule has 0 unspecified atom stereocenters. The van der Waals surface area contributed by atoms with Crippen molar-refractivity contribution in [3.05, 3.63) is 64.7 Å². The lowest BCUT2D eigenvalue weighted by atomic mass is 10.2. The molecule has 0 saturated heterocycles. The third kappa shape index (κ3) is 4.49. The van der Waals surface area contributed by atoms with Gasteiger partial charge in [0.25, 0.3) is 5.56 Å². The highest BCUT2D eigenvalue weighted by Crippen LogP contribution is 2.41. The van der Waals surface area contributed by atoms with Crippen molar-refractivity contribution in [2.75, 3.05) is 33.3 Å². The average Bonchev–Trinajstić information content (AvgIpc) is 2.83. The van der Waals surface area contributed by atoms with Crippen molar-refractivity contribution in [1.29, 1.82) is 0 Å². The van der Waals surface area contributed by atoms with Gasteiger partial charge in [-0.2, -0.15) is 0 Å². The second kappa shape index (κ2) is 9.43. The summed E-state index contributed by atoms with van der Waals surface area (Å²) in [4.78, 5) is 30.3. The molecular formula is C23H23N5O5. The van der Waals surface area contributed by atoms with Crippen LogP contribution in [0, 0.1) is 0 Å². The summed E-state index contributed by atoms with van der Waals surface area (Å²) < 4.78 is 21.9. The van der Waals surface area contributed by atoms with Gasteiger partial charge in [-0.15, -0.1) is 0 Å². The fourth-order valence-corrected chi connectivity index (χ4v) is 3.44. The highest BCUT2D eigenvalue weighted by molar-refractivity contribution is 5.90. The Bertz CT molecular complexity index is 1330. The maximum Gasteiger partial charge on any atom is 0.321 e. The van der Waals surface area contributed by atoms with Crippen LogP contribution >= 0.6 is 0 Å². The van der Waals surface area contributed by atoms with Gasteiger partial charge in [-0.05, 0) is 23.8 Å².